The SMILES string of the molecule is COc1ccc(-c2cc(C(=O)NC(CC3CC3)C(=O)O)[nH]n2)cc1. The molecule has 1 aliphatic carbocycles. The summed E-state index contributed by atoms with van der Waals surface area (Å²) < 4.78 is 5.10. The summed E-state index contributed by atoms with van der Waals surface area (Å²) in [5.74, 6) is -0.333. The maximum absolute atomic E-state index is 12.2. The molecular formula is C17H19N3O4. The van der Waals surface area contributed by atoms with Crippen molar-refractivity contribution in [2.45, 2.75) is 25.3 Å². The zero-order valence-electron chi connectivity index (χ0n) is 13.3. The van der Waals surface area contributed by atoms with Crippen LogP contribution in [0.15, 0.2) is 30.3 Å². The molecule has 0 aliphatic heterocycles. The Morgan fingerprint density at radius 2 is 2.08 bits per heavy atom. The number of carbonyl (C=O) groups is 2. The average molecular weight is 329 g/mol. The monoisotopic (exact) mass is 329 g/mol. The summed E-state index contributed by atoms with van der Waals surface area (Å²) in [5, 5.41) is 18.6. The van der Waals surface area contributed by atoms with Crippen molar-refractivity contribution in [3.8, 4) is 17.0 Å². The number of aromatic amines is 1. The van der Waals surface area contributed by atoms with Gasteiger partial charge >= 0.3 is 5.97 Å². The van der Waals surface area contributed by atoms with Gasteiger partial charge in [-0.3, -0.25) is 9.89 Å². The number of hydrogen-bond acceptors (Lipinski definition) is 4. The first-order chi connectivity index (χ1) is 11.6. The summed E-state index contributed by atoms with van der Waals surface area (Å²) >= 11 is 0. The van der Waals surface area contributed by atoms with E-state index in [-0.39, 0.29) is 5.69 Å². The number of methoxy groups -OCH3 is 1. The third-order valence-electron chi connectivity index (χ3n) is 4.08. The standard InChI is InChI=1S/C17H19N3O4/c1-24-12-6-4-11(5-7-12)13-9-14(20-19-13)16(21)18-15(17(22)23)8-10-2-3-10/h4-7,9-10,15H,2-3,8H2,1H3,(H,18,21)(H,19,20)(H,22,23). The molecule has 3 rings (SSSR count). The van der Waals surface area contributed by atoms with E-state index >= 15 is 0 Å². The molecule has 1 aromatic heterocycles. The molecule has 2 aromatic rings. The van der Waals surface area contributed by atoms with Crippen LogP contribution in [-0.4, -0.2) is 40.3 Å². The highest BCUT2D eigenvalue weighted by atomic mass is 16.5. The Morgan fingerprint density at radius 3 is 2.67 bits per heavy atom. The molecule has 1 fully saturated rings. The fourth-order valence-corrected chi connectivity index (χ4v) is 2.49. The van der Waals surface area contributed by atoms with Gasteiger partial charge in [0.25, 0.3) is 5.91 Å². The number of amides is 1. The molecule has 0 radical (unpaired) electrons. The van der Waals surface area contributed by atoms with Crippen LogP contribution in [0.5, 0.6) is 5.75 Å². The molecule has 24 heavy (non-hydrogen) atoms. The van der Waals surface area contributed by atoms with Crippen LogP contribution < -0.4 is 10.1 Å². The molecule has 7 heteroatoms. The van der Waals surface area contributed by atoms with Crippen molar-refractivity contribution in [2.75, 3.05) is 7.11 Å². The van der Waals surface area contributed by atoms with Crippen LogP contribution in [-0.2, 0) is 4.79 Å². The Bertz CT molecular complexity index is 735. The van der Waals surface area contributed by atoms with E-state index in [1.165, 1.54) is 0 Å². The number of rotatable bonds is 7. The number of benzene rings is 1. The number of carbonyl (C=O) groups excluding carboxylic acids is 1. The molecule has 1 saturated carbocycles. The van der Waals surface area contributed by atoms with E-state index < -0.39 is 17.9 Å². The molecule has 1 atom stereocenters. The number of carboxylic acid groups (broad SMARTS) is 1. The van der Waals surface area contributed by atoms with Gasteiger partial charge in [-0.2, -0.15) is 5.10 Å². The molecule has 7 nitrogen and oxygen atoms in total. The summed E-state index contributed by atoms with van der Waals surface area (Å²) in [6.45, 7) is 0. The minimum Gasteiger partial charge on any atom is -0.497 e. The molecule has 1 aliphatic rings. The lowest BCUT2D eigenvalue weighted by molar-refractivity contribution is -0.139. The Morgan fingerprint density at radius 1 is 1.38 bits per heavy atom. The van der Waals surface area contributed by atoms with Crippen LogP contribution in [0.25, 0.3) is 11.3 Å². The highest BCUT2D eigenvalue weighted by Gasteiger charge is 2.30. The van der Waals surface area contributed by atoms with Crippen LogP contribution in [0.4, 0.5) is 0 Å². The van der Waals surface area contributed by atoms with Crippen LogP contribution in [0, 0.1) is 5.92 Å². The Labute approximate surface area is 139 Å². The fraction of sp³-hybridized carbons (Fsp3) is 0.353. The van der Waals surface area contributed by atoms with Crippen molar-refractivity contribution >= 4 is 11.9 Å². The quantitative estimate of drug-likeness (QED) is 0.721. The number of hydrogen-bond donors (Lipinski definition) is 3. The summed E-state index contributed by atoms with van der Waals surface area (Å²) in [6.07, 6.45) is 2.54. The first-order valence-electron chi connectivity index (χ1n) is 7.80. The third kappa shape index (κ3) is 3.73. The van der Waals surface area contributed by atoms with E-state index in [0.29, 0.717) is 18.0 Å². The number of H-pyrrole nitrogens is 1. The van der Waals surface area contributed by atoms with Crippen molar-refractivity contribution in [3.63, 3.8) is 0 Å². The minimum absolute atomic E-state index is 0.239. The van der Waals surface area contributed by atoms with Gasteiger partial charge in [0.1, 0.15) is 17.5 Å². The molecule has 1 heterocycles. The average Bonchev–Trinajstić information content (AvgIpc) is 3.26. The van der Waals surface area contributed by atoms with Gasteiger partial charge in [0.05, 0.1) is 12.8 Å². The highest BCUT2D eigenvalue weighted by molar-refractivity contribution is 5.95. The van der Waals surface area contributed by atoms with Crippen LogP contribution in [0.1, 0.15) is 29.8 Å². The smallest absolute Gasteiger partial charge is 0.326 e. The Hall–Kier alpha value is -2.83. The fourth-order valence-electron chi connectivity index (χ4n) is 2.49. The maximum atomic E-state index is 12.2. The van der Waals surface area contributed by atoms with Gasteiger partial charge in [-0.15, -0.1) is 0 Å². The third-order valence-corrected chi connectivity index (χ3v) is 4.08. The number of aromatic nitrogens is 2. The van der Waals surface area contributed by atoms with E-state index in [4.69, 9.17) is 4.74 Å². The lowest BCUT2D eigenvalue weighted by Crippen LogP contribution is -2.41. The van der Waals surface area contributed by atoms with Gasteiger partial charge in [-0.1, -0.05) is 12.8 Å². The Kier molecular flexibility index (Phi) is 4.50. The second-order valence-corrected chi connectivity index (χ2v) is 5.94. The summed E-state index contributed by atoms with van der Waals surface area (Å²) in [4.78, 5) is 23.5. The first-order valence-corrected chi connectivity index (χ1v) is 7.80. The summed E-state index contributed by atoms with van der Waals surface area (Å²) in [5.41, 5.74) is 1.68. The number of nitrogens with one attached hydrogen (secondary N) is 2. The van der Waals surface area contributed by atoms with Crippen LogP contribution in [0.3, 0.4) is 0 Å². The van der Waals surface area contributed by atoms with Gasteiger partial charge in [0.15, 0.2) is 0 Å². The van der Waals surface area contributed by atoms with Gasteiger partial charge in [-0.25, -0.2) is 4.79 Å². The lowest BCUT2D eigenvalue weighted by atomic mass is 10.1. The van der Waals surface area contributed by atoms with Crippen molar-refractivity contribution in [2.24, 2.45) is 5.92 Å². The molecule has 0 bridgehead atoms. The zero-order valence-corrected chi connectivity index (χ0v) is 13.3. The second kappa shape index (κ2) is 6.74. The number of carboxylic acids is 1. The first kappa shape index (κ1) is 16.0. The molecule has 1 aromatic carbocycles. The van der Waals surface area contributed by atoms with E-state index in [9.17, 15) is 14.7 Å². The zero-order chi connectivity index (χ0) is 17.1. The van der Waals surface area contributed by atoms with E-state index in [1.807, 2.05) is 12.1 Å². The van der Waals surface area contributed by atoms with Crippen molar-refractivity contribution in [1.29, 1.82) is 0 Å². The van der Waals surface area contributed by atoms with Gasteiger partial charge in [-0.05, 0) is 42.7 Å². The summed E-state index contributed by atoms with van der Waals surface area (Å²) in [7, 11) is 1.59. The van der Waals surface area contributed by atoms with Crippen LogP contribution >= 0.6 is 0 Å². The van der Waals surface area contributed by atoms with Gasteiger partial charge in [0, 0.05) is 5.56 Å². The minimum atomic E-state index is -1.01. The van der Waals surface area contributed by atoms with Gasteiger partial charge < -0.3 is 15.2 Å². The molecule has 126 valence electrons. The Balaban J connectivity index is 1.69. The van der Waals surface area contributed by atoms with Crippen molar-refractivity contribution < 1.29 is 19.4 Å². The lowest BCUT2D eigenvalue weighted by Gasteiger charge is -2.13. The van der Waals surface area contributed by atoms with Crippen LogP contribution in [0.2, 0.25) is 0 Å². The largest absolute Gasteiger partial charge is 0.497 e. The van der Waals surface area contributed by atoms with E-state index in [1.54, 1.807) is 25.3 Å². The van der Waals surface area contributed by atoms with E-state index in [2.05, 4.69) is 15.5 Å². The molecule has 1 amide bonds. The van der Waals surface area contributed by atoms with E-state index in [0.717, 1.165) is 24.2 Å². The molecule has 0 saturated heterocycles. The normalized spacial score (nSPS) is 14.9. The highest BCUT2D eigenvalue weighted by Crippen LogP contribution is 2.33. The number of ether oxygens (including phenoxy) is 1. The second-order valence-electron chi connectivity index (χ2n) is 5.94. The number of aliphatic carboxylic acids is 1. The molecule has 1 unspecified atom stereocenters. The topological polar surface area (TPSA) is 104 Å². The molecule has 3 N–H and O–H groups in total. The van der Waals surface area contributed by atoms with Crippen molar-refractivity contribution in [1.82, 2.24) is 15.5 Å². The molecule has 0 spiro atoms. The predicted molar refractivity (Wildman–Crippen MR) is 86.8 cm³/mol. The summed E-state index contributed by atoms with van der Waals surface area (Å²) in [6, 6.07) is 8.03. The van der Waals surface area contributed by atoms with Gasteiger partial charge in [0.2, 0.25) is 0 Å². The maximum Gasteiger partial charge on any atom is 0.326 e. The molecular weight excluding hydrogens is 310 g/mol. The number of nitrogens with zero attached hydrogens (tertiary/aromatic N) is 1. The predicted octanol–water partition coefficient (Wildman–Crippen LogP) is 2.07. The van der Waals surface area contributed by atoms with Crippen molar-refractivity contribution in [3.05, 3.63) is 36.0 Å².